The summed E-state index contributed by atoms with van der Waals surface area (Å²) in [6, 6.07) is 6.66. The lowest BCUT2D eigenvalue weighted by Crippen LogP contribution is -2.27. The zero-order valence-corrected chi connectivity index (χ0v) is 11.7. The molecule has 100 valence electrons. The van der Waals surface area contributed by atoms with Gasteiger partial charge in [-0.05, 0) is 45.0 Å². The van der Waals surface area contributed by atoms with Gasteiger partial charge in [0.1, 0.15) is 5.60 Å². The van der Waals surface area contributed by atoms with Gasteiger partial charge in [-0.2, -0.15) is 0 Å². The van der Waals surface area contributed by atoms with Gasteiger partial charge in [0.15, 0.2) is 6.29 Å². The van der Waals surface area contributed by atoms with Crippen LogP contribution >= 0.6 is 11.6 Å². The number of carbonyl (C=O) groups excluding carboxylic acids is 2. The smallest absolute Gasteiger partial charge is 0.419 e. The van der Waals surface area contributed by atoms with Crippen LogP contribution in [0.5, 0.6) is 0 Å². The normalized spacial score (nSPS) is 11.6. The Balaban J connectivity index is 2.58. The van der Waals surface area contributed by atoms with E-state index in [0.29, 0.717) is 16.8 Å². The molecule has 2 aromatic rings. The molecule has 0 amide bonds. The molecular formula is C14H14ClNO3. The lowest BCUT2D eigenvalue weighted by Gasteiger charge is -2.20. The molecule has 0 spiro atoms. The lowest BCUT2D eigenvalue weighted by atomic mass is 10.2. The SMILES string of the molecule is CC(C)(C)OC(=O)n1c(C=O)cc2cc(Cl)ccc21. The van der Waals surface area contributed by atoms with Crippen LogP contribution in [0.4, 0.5) is 4.79 Å². The van der Waals surface area contributed by atoms with Gasteiger partial charge >= 0.3 is 6.09 Å². The first-order chi connectivity index (χ1) is 8.81. The largest absolute Gasteiger partial charge is 0.443 e. The topological polar surface area (TPSA) is 48.3 Å². The molecule has 0 N–H and O–H groups in total. The van der Waals surface area contributed by atoms with E-state index in [1.54, 1.807) is 45.0 Å². The first-order valence-electron chi connectivity index (χ1n) is 5.81. The molecule has 0 fully saturated rings. The Labute approximate surface area is 115 Å². The highest BCUT2D eigenvalue weighted by Gasteiger charge is 2.21. The van der Waals surface area contributed by atoms with Crippen molar-refractivity contribution >= 4 is 34.9 Å². The van der Waals surface area contributed by atoms with Crippen molar-refractivity contribution in [3.8, 4) is 0 Å². The second kappa shape index (κ2) is 4.70. The number of carbonyl (C=O) groups is 2. The number of ether oxygens (including phenoxy) is 1. The summed E-state index contributed by atoms with van der Waals surface area (Å²) in [6.07, 6.45) is 0.0459. The van der Waals surface area contributed by atoms with Crippen LogP contribution in [0, 0.1) is 0 Å². The van der Waals surface area contributed by atoms with E-state index in [-0.39, 0.29) is 5.69 Å². The summed E-state index contributed by atoms with van der Waals surface area (Å²) in [6.45, 7) is 5.32. The van der Waals surface area contributed by atoms with E-state index >= 15 is 0 Å². The predicted molar refractivity (Wildman–Crippen MR) is 74.0 cm³/mol. The van der Waals surface area contributed by atoms with Gasteiger partial charge in [-0.25, -0.2) is 9.36 Å². The average molecular weight is 280 g/mol. The summed E-state index contributed by atoms with van der Waals surface area (Å²) in [7, 11) is 0. The number of hydrogen-bond acceptors (Lipinski definition) is 3. The third-order valence-electron chi connectivity index (χ3n) is 2.49. The van der Waals surface area contributed by atoms with Gasteiger partial charge in [0.2, 0.25) is 0 Å². The van der Waals surface area contributed by atoms with Crippen LogP contribution in [0.25, 0.3) is 10.9 Å². The average Bonchev–Trinajstić information content (AvgIpc) is 2.63. The number of nitrogens with zero attached hydrogens (tertiary/aromatic N) is 1. The Morgan fingerprint density at radius 3 is 2.58 bits per heavy atom. The molecule has 1 aromatic heterocycles. The van der Waals surface area contributed by atoms with E-state index in [1.807, 2.05) is 0 Å². The minimum absolute atomic E-state index is 0.242. The van der Waals surface area contributed by atoms with Gasteiger partial charge in [-0.1, -0.05) is 11.6 Å². The van der Waals surface area contributed by atoms with E-state index in [1.165, 1.54) is 4.57 Å². The number of aromatic nitrogens is 1. The Kier molecular flexibility index (Phi) is 3.37. The number of benzene rings is 1. The summed E-state index contributed by atoms with van der Waals surface area (Å²) in [4.78, 5) is 23.2. The fourth-order valence-corrected chi connectivity index (χ4v) is 1.99. The summed E-state index contributed by atoms with van der Waals surface area (Å²) >= 11 is 5.90. The molecule has 0 atom stereocenters. The van der Waals surface area contributed by atoms with Crippen LogP contribution < -0.4 is 0 Å². The Morgan fingerprint density at radius 2 is 2.00 bits per heavy atom. The quantitative estimate of drug-likeness (QED) is 0.744. The van der Waals surface area contributed by atoms with Crippen molar-refractivity contribution in [2.45, 2.75) is 26.4 Å². The van der Waals surface area contributed by atoms with Crippen LogP contribution in [0.2, 0.25) is 5.02 Å². The second-order valence-corrected chi connectivity index (χ2v) is 5.64. The van der Waals surface area contributed by atoms with Gasteiger partial charge < -0.3 is 4.74 Å². The maximum absolute atomic E-state index is 12.1. The van der Waals surface area contributed by atoms with Crippen molar-refractivity contribution in [2.75, 3.05) is 0 Å². The number of hydrogen-bond donors (Lipinski definition) is 0. The Bertz CT molecular complexity index is 652. The molecule has 0 aliphatic heterocycles. The van der Waals surface area contributed by atoms with Crippen LogP contribution in [-0.4, -0.2) is 22.5 Å². The van der Waals surface area contributed by atoms with Gasteiger partial charge in [0.05, 0.1) is 11.2 Å². The molecule has 0 saturated heterocycles. The van der Waals surface area contributed by atoms with Crippen LogP contribution in [0.1, 0.15) is 31.3 Å². The van der Waals surface area contributed by atoms with Crippen molar-refractivity contribution in [3.05, 3.63) is 35.0 Å². The van der Waals surface area contributed by atoms with E-state index in [9.17, 15) is 9.59 Å². The van der Waals surface area contributed by atoms with E-state index in [2.05, 4.69) is 0 Å². The summed E-state index contributed by atoms with van der Waals surface area (Å²) in [5.41, 5.74) is 0.215. The fourth-order valence-electron chi connectivity index (χ4n) is 1.81. The third-order valence-corrected chi connectivity index (χ3v) is 2.72. The summed E-state index contributed by atoms with van der Waals surface area (Å²) in [5.74, 6) is 0. The van der Waals surface area contributed by atoms with Crippen molar-refractivity contribution < 1.29 is 14.3 Å². The maximum atomic E-state index is 12.1. The number of halogens is 1. The standard InChI is InChI=1S/C14H14ClNO3/c1-14(2,3)19-13(18)16-11(8-17)7-9-6-10(15)4-5-12(9)16/h4-8H,1-3H3. The molecule has 0 saturated carbocycles. The lowest BCUT2D eigenvalue weighted by molar-refractivity contribution is 0.0538. The van der Waals surface area contributed by atoms with E-state index in [4.69, 9.17) is 16.3 Å². The first-order valence-corrected chi connectivity index (χ1v) is 6.19. The molecule has 0 aliphatic carbocycles. The molecular weight excluding hydrogens is 266 g/mol. The number of aldehydes is 1. The fraction of sp³-hybridized carbons (Fsp3) is 0.286. The molecule has 0 radical (unpaired) electrons. The summed E-state index contributed by atoms with van der Waals surface area (Å²) in [5, 5.41) is 1.27. The highest BCUT2D eigenvalue weighted by atomic mass is 35.5. The molecule has 0 aliphatic rings. The first kappa shape index (κ1) is 13.6. The van der Waals surface area contributed by atoms with E-state index in [0.717, 1.165) is 5.39 Å². The third kappa shape index (κ3) is 2.79. The van der Waals surface area contributed by atoms with Crippen LogP contribution in [0.3, 0.4) is 0 Å². The molecule has 0 bridgehead atoms. The van der Waals surface area contributed by atoms with Gasteiger partial charge in [0, 0.05) is 10.4 Å². The molecule has 1 aromatic carbocycles. The second-order valence-electron chi connectivity index (χ2n) is 5.21. The van der Waals surface area contributed by atoms with Gasteiger partial charge in [-0.3, -0.25) is 4.79 Å². The Hall–Kier alpha value is -1.81. The maximum Gasteiger partial charge on any atom is 0.419 e. The molecule has 1 heterocycles. The minimum Gasteiger partial charge on any atom is -0.443 e. The van der Waals surface area contributed by atoms with E-state index < -0.39 is 11.7 Å². The van der Waals surface area contributed by atoms with Crippen molar-refractivity contribution in [3.63, 3.8) is 0 Å². The van der Waals surface area contributed by atoms with Crippen LogP contribution in [0.15, 0.2) is 24.3 Å². The van der Waals surface area contributed by atoms with Crippen molar-refractivity contribution in [1.82, 2.24) is 4.57 Å². The van der Waals surface area contributed by atoms with Gasteiger partial charge in [0.25, 0.3) is 0 Å². The number of rotatable bonds is 1. The molecule has 0 unspecified atom stereocenters. The van der Waals surface area contributed by atoms with Crippen LogP contribution in [-0.2, 0) is 4.74 Å². The predicted octanol–water partition coefficient (Wildman–Crippen LogP) is 3.89. The zero-order valence-electron chi connectivity index (χ0n) is 10.9. The molecule has 5 heteroatoms. The Morgan fingerprint density at radius 1 is 1.32 bits per heavy atom. The van der Waals surface area contributed by atoms with Crippen molar-refractivity contribution in [2.24, 2.45) is 0 Å². The number of fused-ring (bicyclic) bond motifs is 1. The van der Waals surface area contributed by atoms with Crippen molar-refractivity contribution in [1.29, 1.82) is 0 Å². The molecule has 4 nitrogen and oxygen atoms in total. The summed E-state index contributed by atoms with van der Waals surface area (Å²) < 4.78 is 6.55. The molecule has 2 rings (SSSR count). The highest BCUT2D eigenvalue weighted by molar-refractivity contribution is 6.31. The molecule has 19 heavy (non-hydrogen) atoms. The minimum atomic E-state index is -0.625. The zero-order chi connectivity index (χ0) is 14.2. The monoisotopic (exact) mass is 279 g/mol. The highest BCUT2D eigenvalue weighted by Crippen LogP contribution is 2.24. The van der Waals surface area contributed by atoms with Gasteiger partial charge in [-0.15, -0.1) is 0 Å².